The molecule has 16 heavy (non-hydrogen) atoms. The van der Waals surface area contributed by atoms with Crippen LogP contribution in [0.2, 0.25) is 0 Å². The van der Waals surface area contributed by atoms with E-state index in [1.54, 1.807) is 10.7 Å². The minimum absolute atomic E-state index is 0.144. The summed E-state index contributed by atoms with van der Waals surface area (Å²) in [6, 6.07) is 3.63. The van der Waals surface area contributed by atoms with Crippen LogP contribution >= 0.6 is 0 Å². The van der Waals surface area contributed by atoms with Crippen molar-refractivity contribution in [3.63, 3.8) is 0 Å². The average Bonchev–Trinajstić information content (AvgIpc) is 2.52. The zero-order valence-electron chi connectivity index (χ0n) is 9.06. The number of aromatic nitrogens is 3. The molecule has 0 atom stereocenters. The highest BCUT2D eigenvalue weighted by Crippen LogP contribution is 2.17. The van der Waals surface area contributed by atoms with Gasteiger partial charge in [-0.3, -0.25) is 9.48 Å². The lowest BCUT2D eigenvalue weighted by molar-refractivity contribution is -0.134. The zero-order chi connectivity index (χ0) is 11.7. The number of aryl methyl sites for hydroxylation is 2. The fourth-order valence-corrected chi connectivity index (χ4v) is 1.57. The van der Waals surface area contributed by atoms with Crippen molar-refractivity contribution in [1.82, 2.24) is 14.8 Å². The predicted molar refractivity (Wildman–Crippen MR) is 59.4 cm³/mol. The minimum atomic E-state index is -0.914. The molecule has 0 saturated heterocycles. The van der Waals surface area contributed by atoms with Gasteiger partial charge >= 0.3 is 5.97 Å². The minimum Gasteiger partial charge on any atom is -0.480 e. The first kappa shape index (κ1) is 10.4. The molecule has 0 amide bonds. The first-order valence-electron chi connectivity index (χ1n) is 4.84. The summed E-state index contributed by atoms with van der Waals surface area (Å²) in [4.78, 5) is 14.7. The Hall–Kier alpha value is -2.11. The summed E-state index contributed by atoms with van der Waals surface area (Å²) in [5.74, 6) is -0.374. The molecule has 2 N–H and O–H groups in total. The lowest BCUT2D eigenvalue weighted by Gasteiger charge is -2.02. The molecule has 0 radical (unpaired) electrons. The number of hydrogen-bond donors (Lipinski definition) is 2. The number of rotatable bonds is 3. The molecule has 6 heteroatoms. The number of anilines is 1. The van der Waals surface area contributed by atoms with E-state index in [0.29, 0.717) is 5.82 Å². The van der Waals surface area contributed by atoms with Crippen molar-refractivity contribution < 1.29 is 9.90 Å². The van der Waals surface area contributed by atoms with Crippen molar-refractivity contribution in [1.29, 1.82) is 0 Å². The topological polar surface area (TPSA) is 80.0 Å². The van der Waals surface area contributed by atoms with E-state index in [0.717, 1.165) is 16.7 Å². The molecule has 2 heterocycles. The maximum Gasteiger partial charge on any atom is 0.322 e. The second-order valence-corrected chi connectivity index (χ2v) is 3.52. The first-order chi connectivity index (χ1) is 7.58. The third-order valence-electron chi connectivity index (χ3n) is 2.29. The zero-order valence-corrected chi connectivity index (χ0v) is 9.06. The SMILES string of the molecule is Cc1nn(C)c2nc(NCC(=O)O)ccc12. The van der Waals surface area contributed by atoms with Gasteiger partial charge in [-0.15, -0.1) is 0 Å². The summed E-state index contributed by atoms with van der Waals surface area (Å²) < 4.78 is 1.68. The fraction of sp³-hybridized carbons (Fsp3) is 0.300. The number of nitrogens with zero attached hydrogens (tertiary/aromatic N) is 3. The number of pyridine rings is 1. The molecular weight excluding hydrogens is 208 g/mol. The summed E-state index contributed by atoms with van der Waals surface area (Å²) >= 11 is 0. The number of nitrogens with one attached hydrogen (secondary N) is 1. The number of carboxylic acids is 1. The highest BCUT2D eigenvalue weighted by Gasteiger charge is 2.07. The van der Waals surface area contributed by atoms with Crippen LogP contribution in [0.25, 0.3) is 11.0 Å². The molecule has 0 fully saturated rings. The Morgan fingerprint density at radius 3 is 3.00 bits per heavy atom. The van der Waals surface area contributed by atoms with Gasteiger partial charge in [0.2, 0.25) is 0 Å². The number of aliphatic carboxylic acids is 1. The largest absolute Gasteiger partial charge is 0.480 e. The molecule has 6 nitrogen and oxygen atoms in total. The normalized spacial score (nSPS) is 10.6. The van der Waals surface area contributed by atoms with Crippen LogP contribution in [-0.4, -0.2) is 32.4 Å². The Morgan fingerprint density at radius 2 is 2.31 bits per heavy atom. The van der Waals surface area contributed by atoms with Crippen molar-refractivity contribution in [2.45, 2.75) is 6.92 Å². The van der Waals surface area contributed by atoms with E-state index in [4.69, 9.17) is 5.11 Å². The summed E-state index contributed by atoms with van der Waals surface area (Å²) in [6.45, 7) is 1.77. The van der Waals surface area contributed by atoms with E-state index in [1.165, 1.54) is 0 Å². The van der Waals surface area contributed by atoms with Crippen LogP contribution in [0.1, 0.15) is 5.69 Å². The van der Waals surface area contributed by atoms with Crippen molar-refractivity contribution >= 4 is 22.8 Å². The lowest BCUT2D eigenvalue weighted by Crippen LogP contribution is -2.13. The lowest BCUT2D eigenvalue weighted by atomic mass is 10.3. The van der Waals surface area contributed by atoms with Crippen LogP contribution in [0, 0.1) is 6.92 Å². The molecule has 0 aliphatic rings. The van der Waals surface area contributed by atoms with Gasteiger partial charge in [0.05, 0.1) is 5.69 Å². The Bertz CT molecular complexity index is 547. The summed E-state index contributed by atoms with van der Waals surface area (Å²) in [5.41, 5.74) is 1.66. The van der Waals surface area contributed by atoms with E-state index < -0.39 is 5.97 Å². The standard InChI is InChI=1S/C10H12N4O2/c1-6-7-3-4-8(11-5-9(15)16)12-10(7)14(2)13-6/h3-4H,5H2,1-2H3,(H,11,12)(H,15,16). The van der Waals surface area contributed by atoms with Gasteiger partial charge in [0.15, 0.2) is 5.65 Å². The van der Waals surface area contributed by atoms with E-state index in [9.17, 15) is 4.79 Å². The molecule has 0 aliphatic carbocycles. The molecule has 0 aliphatic heterocycles. The molecule has 0 bridgehead atoms. The third kappa shape index (κ3) is 1.81. The molecule has 2 aromatic heterocycles. The number of hydrogen-bond acceptors (Lipinski definition) is 4. The monoisotopic (exact) mass is 220 g/mol. The van der Waals surface area contributed by atoms with Gasteiger partial charge in [-0.05, 0) is 19.1 Å². The maximum atomic E-state index is 10.4. The molecule has 0 spiro atoms. The second kappa shape index (κ2) is 3.80. The summed E-state index contributed by atoms with van der Waals surface area (Å²) in [7, 11) is 1.81. The third-order valence-corrected chi connectivity index (χ3v) is 2.29. The second-order valence-electron chi connectivity index (χ2n) is 3.52. The van der Waals surface area contributed by atoms with E-state index in [2.05, 4.69) is 15.4 Å². The van der Waals surface area contributed by atoms with Crippen LogP contribution in [0.3, 0.4) is 0 Å². The van der Waals surface area contributed by atoms with E-state index >= 15 is 0 Å². The van der Waals surface area contributed by atoms with Crippen molar-refractivity contribution in [3.05, 3.63) is 17.8 Å². The van der Waals surface area contributed by atoms with Gasteiger partial charge in [-0.1, -0.05) is 0 Å². The van der Waals surface area contributed by atoms with Crippen LogP contribution in [0.5, 0.6) is 0 Å². The maximum absolute atomic E-state index is 10.4. The molecule has 0 unspecified atom stereocenters. The number of carboxylic acid groups (broad SMARTS) is 1. The fourth-order valence-electron chi connectivity index (χ4n) is 1.57. The molecule has 2 rings (SSSR count). The van der Waals surface area contributed by atoms with Gasteiger partial charge in [0, 0.05) is 12.4 Å². The molecule has 84 valence electrons. The quantitative estimate of drug-likeness (QED) is 0.798. The predicted octanol–water partition coefficient (Wildman–Crippen LogP) is 0.773. The summed E-state index contributed by atoms with van der Waals surface area (Å²) in [6.07, 6.45) is 0. The van der Waals surface area contributed by atoms with Crippen molar-refractivity contribution in [2.75, 3.05) is 11.9 Å². The summed E-state index contributed by atoms with van der Waals surface area (Å²) in [5, 5.41) is 16.5. The van der Waals surface area contributed by atoms with Gasteiger partial charge in [0.1, 0.15) is 12.4 Å². The Labute approximate surface area is 91.9 Å². The molecule has 0 saturated carbocycles. The molecular formula is C10H12N4O2. The van der Waals surface area contributed by atoms with Gasteiger partial charge < -0.3 is 10.4 Å². The average molecular weight is 220 g/mol. The van der Waals surface area contributed by atoms with Gasteiger partial charge in [0.25, 0.3) is 0 Å². The van der Waals surface area contributed by atoms with Crippen LogP contribution < -0.4 is 5.32 Å². The number of fused-ring (bicyclic) bond motifs is 1. The molecule has 0 aromatic carbocycles. The Morgan fingerprint density at radius 1 is 1.56 bits per heavy atom. The first-order valence-corrected chi connectivity index (χ1v) is 4.84. The Kier molecular flexibility index (Phi) is 2.47. The van der Waals surface area contributed by atoms with Crippen LogP contribution in [0.4, 0.5) is 5.82 Å². The number of carbonyl (C=O) groups is 1. The molecule has 2 aromatic rings. The van der Waals surface area contributed by atoms with Crippen LogP contribution in [-0.2, 0) is 11.8 Å². The van der Waals surface area contributed by atoms with Crippen molar-refractivity contribution in [3.8, 4) is 0 Å². The van der Waals surface area contributed by atoms with Gasteiger partial charge in [-0.2, -0.15) is 5.10 Å². The van der Waals surface area contributed by atoms with Crippen LogP contribution in [0.15, 0.2) is 12.1 Å². The Balaban J connectivity index is 2.36. The highest BCUT2D eigenvalue weighted by atomic mass is 16.4. The van der Waals surface area contributed by atoms with E-state index in [1.807, 2.05) is 20.0 Å². The van der Waals surface area contributed by atoms with Crippen molar-refractivity contribution in [2.24, 2.45) is 7.05 Å². The van der Waals surface area contributed by atoms with Gasteiger partial charge in [-0.25, -0.2) is 4.98 Å². The van der Waals surface area contributed by atoms with E-state index in [-0.39, 0.29) is 6.54 Å². The highest BCUT2D eigenvalue weighted by molar-refractivity contribution is 5.80. The smallest absolute Gasteiger partial charge is 0.322 e.